The molecule has 1 aromatic carbocycles. The summed E-state index contributed by atoms with van der Waals surface area (Å²) in [6, 6.07) is 5.88. The molecule has 0 aliphatic carbocycles. The Kier molecular flexibility index (Phi) is 4.76. The number of amides is 1. The summed E-state index contributed by atoms with van der Waals surface area (Å²) in [6.07, 6.45) is 0. The Balaban J connectivity index is 2.83. The Bertz CT molecular complexity index is 381. The van der Waals surface area contributed by atoms with Crippen LogP contribution in [0.15, 0.2) is 22.7 Å². The molecule has 0 spiro atoms. The third-order valence-corrected chi connectivity index (χ3v) is 2.95. The normalized spacial score (nSPS) is 10.0. The second-order valence-corrected chi connectivity index (χ2v) is 4.37. The Morgan fingerprint density at radius 1 is 1.56 bits per heavy atom. The van der Waals surface area contributed by atoms with E-state index in [1.165, 1.54) is 0 Å². The van der Waals surface area contributed by atoms with Crippen molar-refractivity contribution in [3.8, 4) is 0 Å². The second-order valence-electron chi connectivity index (χ2n) is 3.52. The first kappa shape index (κ1) is 13.0. The lowest BCUT2D eigenvalue weighted by Gasteiger charge is -2.20. The van der Waals surface area contributed by atoms with Gasteiger partial charge in [-0.25, -0.2) is 0 Å². The lowest BCUT2D eigenvalue weighted by molar-refractivity contribution is -0.119. The number of anilines is 1. The van der Waals surface area contributed by atoms with Gasteiger partial charge in [0.2, 0.25) is 5.91 Å². The van der Waals surface area contributed by atoms with Crippen molar-refractivity contribution in [1.29, 1.82) is 0 Å². The quantitative estimate of drug-likeness (QED) is 0.871. The SMILES string of the molecule is CNC(=O)CN(C)c1ccc(CN)cc1Br. The smallest absolute Gasteiger partial charge is 0.239 e. The minimum Gasteiger partial charge on any atom is -0.364 e. The van der Waals surface area contributed by atoms with Crippen molar-refractivity contribution in [2.24, 2.45) is 5.73 Å². The molecule has 0 heterocycles. The Hall–Kier alpha value is -1.07. The number of likely N-dealkylation sites (N-methyl/N-ethyl adjacent to an activating group) is 2. The molecule has 1 amide bonds. The Labute approximate surface area is 104 Å². The molecular formula is C11H16BrN3O. The largest absolute Gasteiger partial charge is 0.364 e. The lowest BCUT2D eigenvalue weighted by atomic mass is 10.2. The zero-order valence-electron chi connectivity index (χ0n) is 9.46. The van der Waals surface area contributed by atoms with Crippen LogP contribution in [0.4, 0.5) is 5.69 Å². The molecule has 0 radical (unpaired) electrons. The highest BCUT2D eigenvalue weighted by Crippen LogP contribution is 2.26. The number of halogens is 1. The zero-order valence-corrected chi connectivity index (χ0v) is 11.0. The van der Waals surface area contributed by atoms with E-state index < -0.39 is 0 Å². The van der Waals surface area contributed by atoms with Crippen LogP contribution in [0.25, 0.3) is 0 Å². The number of nitrogens with one attached hydrogen (secondary N) is 1. The van der Waals surface area contributed by atoms with Crippen LogP contribution in [0.2, 0.25) is 0 Å². The van der Waals surface area contributed by atoms with Crippen molar-refractivity contribution in [1.82, 2.24) is 5.32 Å². The van der Waals surface area contributed by atoms with Crippen LogP contribution in [0, 0.1) is 0 Å². The molecule has 1 aromatic rings. The molecule has 0 saturated heterocycles. The van der Waals surface area contributed by atoms with Crippen LogP contribution in [0.5, 0.6) is 0 Å². The molecule has 0 aliphatic rings. The van der Waals surface area contributed by atoms with Crippen LogP contribution in [0.3, 0.4) is 0 Å². The molecule has 5 heteroatoms. The molecule has 0 atom stereocenters. The topological polar surface area (TPSA) is 58.4 Å². The van der Waals surface area contributed by atoms with Crippen LogP contribution < -0.4 is 16.0 Å². The van der Waals surface area contributed by atoms with Gasteiger partial charge in [0, 0.05) is 25.1 Å². The van der Waals surface area contributed by atoms with Gasteiger partial charge in [0.25, 0.3) is 0 Å². The third-order valence-electron chi connectivity index (χ3n) is 2.32. The molecular weight excluding hydrogens is 270 g/mol. The first-order chi connectivity index (χ1) is 7.58. The molecule has 3 N–H and O–H groups in total. The van der Waals surface area contributed by atoms with Gasteiger partial charge >= 0.3 is 0 Å². The number of benzene rings is 1. The summed E-state index contributed by atoms with van der Waals surface area (Å²) in [6.45, 7) is 0.842. The van der Waals surface area contributed by atoms with Crippen molar-refractivity contribution >= 4 is 27.5 Å². The zero-order chi connectivity index (χ0) is 12.1. The van der Waals surface area contributed by atoms with E-state index in [1.54, 1.807) is 7.05 Å². The van der Waals surface area contributed by atoms with Gasteiger partial charge in [0.05, 0.1) is 12.2 Å². The maximum Gasteiger partial charge on any atom is 0.239 e. The van der Waals surface area contributed by atoms with Gasteiger partial charge in [-0.15, -0.1) is 0 Å². The standard InChI is InChI=1S/C11H16BrN3O/c1-14-11(16)7-15(2)10-4-3-8(6-13)5-9(10)12/h3-5H,6-7,13H2,1-2H3,(H,14,16). The van der Waals surface area contributed by atoms with E-state index in [1.807, 2.05) is 30.1 Å². The van der Waals surface area contributed by atoms with Crippen LogP contribution in [0.1, 0.15) is 5.56 Å². The molecule has 0 aromatic heterocycles. The van der Waals surface area contributed by atoms with Gasteiger partial charge in [-0.05, 0) is 33.6 Å². The van der Waals surface area contributed by atoms with Gasteiger partial charge in [-0.3, -0.25) is 4.79 Å². The maximum absolute atomic E-state index is 11.2. The summed E-state index contributed by atoms with van der Waals surface area (Å²) in [5.74, 6) is -0.0164. The average molecular weight is 286 g/mol. The van der Waals surface area contributed by atoms with Gasteiger partial charge < -0.3 is 16.0 Å². The third kappa shape index (κ3) is 3.21. The predicted octanol–water partition coefficient (Wildman–Crippen LogP) is 1.09. The maximum atomic E-state index is 11.2. The van der Waals surface area contributed by atoms with Gasteiger partial charge in [0.1, 0.15) is 0 Å². The van der Waals surface area contributed by atoms with Crippen molar-refractivity contribution in [3.63, 3.8) is 0 Å². The van der Waals surface area contributed by atoms with E-state index >= 15 is 0 Å². The van der Waals surface area contributed by atoms with E-state index in [-0.39, 0.29) is 5.91 Å². The van der Waals surface area contributed by atoms with Crippen LogP contribution in [-0.4, -0.2) is 26.5 Å². The lowest BCUT2D eigenvalue weighted by Crippen LogP contribution is -2.33. The van der Waals surface area contributed by atoms with Crippen molar-refractivity contribution < 1.29 is 4.79 Å². The van der Waals surface area contributed by atoms with Gasteiger partial charge in [-0.1, -0.05) is 6.07 Å². The summed E-state index contributed by atoms with van der Waals surface area (Å²) < 4.78 is 0.946. The number of nitrogens with two attached hydrogens (primary N) is 1. The summed E-state index contributed by atoms with van der Waals surface area (Å²) in [5.41, 5.74) is 7.58. The minimum absolute atomic E-state index is 0.0164. The van der Waals surface area contributed by atoms with E-state index in [0.717, 1.165) is 15.7 Å². The van der Waals surface area contributed by atoms with Gasteiger partial charge in [-0.2, -0.15) is 0 Å². The fourth-order valence-corrected chi connectivity index (χ4v) is 2.10. The number of carbonyl (C=O) groups excluding carboxylic acids is 1. The first-order valence-electron chi connectivity index (χ1n) is 4.98. The highest BCUT2D eigenvalue weighted by molar-refractivity contribution is 9.10. The molecule has 0 unspecified atom stereocenters. The number of nitrogens with zero attached hydrogens (tertiary/aromatic N) is 1. The first-order valence-corrected chi connectivity index (χ1v) is 5.78. The van der Waals surface area contributed by atoms with Crippen molar-refractivity contribution in [2.45, 2.75) is 6.54 Å². The van der Waals surface area contributed by atoms with Crippen molar-refractivity contribution in [3.05, 3.63) is 28.2 Å². The van der Waals surface area contributed by atoms with E-state index in [2.05, 4.69) is 21.2 Å². The van der Waals surface area contributed by atoms with Crippen LogP contribution in [-0.2, 0) is 11.3 Å². The number of hydrogen-bond acceptors (Lipinski definition) is 3. The molecule has 0 saturated carbocycles. The van der Waals surface area contributed by atoms with Crippen molar-refractivity contribution in [2.75, 3.05) is 25.5 Å². The summed E-state index contributed by atoms with van der Waals surface area (Å²) >= 11 is 3.47. The van der Waals surface area contributed by atoms with Crippen LogP contribution >= 0.6 is 15.9 Å². The van der Waals surface area contributed by atoms with Gasteiger partial charge in [0.15, 0.2) is 0 Å². The molecule has 0 aliphatic heterocycles. The summed E-state index contributed by atoms with van der Waals surface area (Å²) in [4.78, 5) is 13.1. The Morgan fingerprint density at radius 3 is 2.75 bits per heavy atom. The molecule has 4 nitrogen and oxygen atoms in total. The molecule has 0 fully saturated rings. The fourth-order valence-electron chi connectivity index (χ4n) is 1.37. The Morgan fingerprint density at radius 2 is 2.25 bits per heavy atom. The summed E-state index contributed by atoms with van der Waals surface area (Å²) in [7, 11) is 3.50. The summed E-state index contributed by atoms with van der Waals surface area (Å²) in [5, 5.41) is 2.59. The predicted molar refractivity (Wildman–Crippen MR) is 69.4 cm³/mol. The minimum atomic E-state index is -0.0164. The average Bonchev–Trinajstić information content (AvgIpc) is 2.28. The number of carbonyl (C=O) groups is 1. The van der Waals surface area contributed by atoms with E-state index in [9.17, 15) is 4.79 Å². The molecule has 0 bridgehead atoms. The number of rotatable bonds is 4. The monoisotopic (exact) mass is 285 g/mol. The second kappa shape index (κ2) is 5.86. The molecule has 1 rings (SSSR count). The highest BCUT2D eigenvalue weighted by Gasteiger charge is 2.09. The van der Waals surface area contributed by atoms with E-state index in [0.29, 0.717) is 13.1 Å². The highest BCUT2D eigenvalue weighted by atomic mass is 79.9. The molecule has 16 heavy (non-hydrogen) atoms. The molecule has 88 valence electrons. The van der Waals surface area contributed by atoms with E-state index in [4.69, 9.17) is 5.73 Å². The number of hydrogen-bond donors (Lipinski definition) is 2. The fraction of sp³-hybridized carbons (Fsp3) is 0.364.